The fourth-order valence-corrected chi connectivity index (χ4v) is 3.66. The molecule has 1 aromatic carbocycles. The van der Waals surface area contributed by atoms with Gasteiger partial charge in [-0.1, -0.05) is 39.7 Å². The molecule has 0 heterocycles. The van der Waals surface area contributed by atoms with Gasteiger partial charge in [-0.2, -0.15) is 0 Å². The van der Waals surface area contributed by atoms with E-state index in [9.17, 15) is 18.4 Å². The first-order chi connectivity index (χ1) is 14.5. The number of halogens is 2. The van der Waals surface area contributed by atoms with Crippen molar-refractivity contribution in [1.29, 1.82) is 0 Å². The van der Waals surface area contributed by atoms with Crippen LogP contribution in [0.25, 0.3) is 0 Å². The van der Waals surface area contributed by atoms with Gasteiger partial charge in [-0.25, -0.2) is 13.8 Å². The molecule has 1 saturated carbocycles. The summed E-state index contributed by atoms with van der Waals surface area (Å²) in [6, 6.07) is 2.81. The zero-order valence-corrected chi connectivity index (χ0v) is 19.1. The summed E-state index contributed by atoms with van der Waals surface area (Å²) in [7, 11) is 1.53. The van der Waals surface area contributed by atoms with E-state index in [-0.39, 0.29) is 11.6 Å². The maximum atomic E-state index is 13.7. The topological polar surface area (TPSA) is 70.6 Å². The zero-order valence-electron chi connectivity index (χ0n) is 19.1. The van der Waals surface area contributed by atoms with E-state index < -0.39 is 29.0 Å². The van der Waals surface area contributed by atoms with Crippen molar-refractivity contribution < 1.29 is 18.4 Å². The molecule has 7 heteroatoms. The molecule has 1 atom stereocenters. The molecule has 0 bridgehead atoms. The van der Waals surface area contributed by atoms with Crippen LogP contribution in [-0.2, 0) is 9.59 Å². The SMILES string of the molecule is CNC(=O)C(NC(=O)C(N=C(C)c1ccc(F)c(F)c1)=C1CCCCCC1)C(C)(C)C. The second kappa shape index (κ2) is 10.6. The molecule has 1 aliphatic rings. The number of aliphatic imine (C=N–C) groups is 1. The van der Waals surface area contributed by atoms with Crippen LogP contribution in [0.3, 0.4) is 0 Å². The van der Waals surface area contributed by atoms with Crippen LogP contribution in [0.1, 0.15) is 71.8 Å². The Labute approximate surface area is 183 Å². The lowest BCUT2D eigenvalue weighted by molar-refractivity contribution is -0.129. The van der Waals surface area contributed by atoms with Crippen molar-refractivity contribution >= 4 is 17.5 Å². The Morgan fingerprint density at radius 2 is 1.65 bits per heavy atom. The Balaban J connectivity index is 2.47. The average Bonchev–Trinajstić information content (AvgIpc) is 2.99. The van der Waals surface area contributed by atoms with Crippen molar-refractivity contribution in [2.24, 2.45) is 10.4 Å². The Bertz CT molecular complexity index is 875. The first-order valence-electron chi connectivity index (χ1n) is 10.8. The van der Waals surface area contributed by atoms with Gasteiger partial charge in [0.1, 0.15) is 11.7 Å². The smallest absolute Gasteiger partial charge is 0.270 e. The Hall–Kier alpha value is -2.57. The summed E-state index contributed by atoms with van der Waals surface area (Å²) in [5, 5.41) is 5.45. The summed E-state index contributed by atoms with van der Waals surface area (Å²) in [6.45, 7) is 7.29. The van der Waals surface area contributed by atoms with Crippen LogP contribution < -0.4 is 10.6 Å². The average molecular weight is 434 g/mol. The van der Waals surface area contributed by atoms with Crippen LogP contribution in [-0.4, -0.2) is 30.6 Å². The number of hydrogen-bond donors (Lipinski definition) is 2. The number of benzene rings is 1. The summed E-state index contributed by atoms with van der Waals surface area (Å²) in [6.07, 6.45) is 5.60. The maximum absolute atomic E-state index is 13.7. The zero-order chi connectivity index (χ0) is 23.2. The van der Waals surface area contributed by atoms with Gasteiger partial charge in [-0.05, 0) is 61.3 Å². The molecule has 1 aliphatic carbocycles. The molecule has 2 rings (SSSR count). The van der Waals surface area contributed by atoms with Gasteiger partial charge in [0.25, 0.3) is 5.91 Å². The fourth-order valence-electron chi connectivity index (χ4n) is 3.66. The third-order valence-electron chi connectivity index (χ3n) is 5.52. The quantitative estimate of drug-likeness (QED) is 0.403. The van der Waals surface area contributed by atoms with Gasteiger partial charge in [-0.15, -0.1) is 0 Å². The highest BCUT2D eigenvalue weighted by atomic mass is 19.2. The van der Waals surface area contributed by atoms with E-state index in [0.717, 1.165) is 56.2 Å². The molecule has 0 saturated heterocycles. The molecule has 170 valence electrons. The maximum Gasteiger partial charge on any atom is 0.270 e. The molecule has 5 nitrogen and oxygen atoms in total. The summed E-state index contributed by atoms with van der Waals surface area (Å²) in [5.74, 6) is -2.61. The number of rotatable bonds is 5. The second-order valence-electron chi connectivity index (χ2n) is 9.08. The number of allylic oxidation sites excluding steroid dienone is 1. The van der Waals surface area contributed by atoms with Crippen molar-refractivity contribution in [2.45, 2.75) is 72.3 Å². The number of amides is 2. The summed E-state index contributed by atoms with van der Waals surface area (Å²) >= 11 is 0. The van der Waals surface area contributed by atoms with Gasteiger partial charge >= 0.3 is 0 Å². The van der Waals surface area contributed by atoms with E-state index in [1.54, 1.807) is 6.92 Å². The van der Waals surface area contributed by atoms with Gasteiger partial charge in [0.2, 0.25) is 5.91 Å². The second-order valence-corrected chi connectivity index (χ2v) is 9.08. The third-order valence-corrected chi connectivity index (χ3v) is 5.52. The molecule has 1 aromatic rings. The van der Waals surface area contributed by atoms with E-state index in [1.807, 2.05) is 20.8 Å². The molecule has 2 amide bonds. The monoisotopic (exact) mass is 433 g/mol. The van der Waals surface area contributed by atoms with Crippen molar-refractivity contribution in [3.8, 4) is 0 Å². The van der Waals surface area contributed by atoms with E-state index in [2.05, 4.69) is 15.6 Å². The Morgan fingerprint density at radius 3 is 2.16 bits per heavy atom. The molecule has 0 radical (unpaired) electrons. The van der Waals surface area contributed by atoms with Crippen LogP contribution in [0.2, 0.25) is 0 Å². The van der Waals surface area contributed by atoms with Gasteiger partial charge < -0.3 is 10.6 Å². The van der Waals surface area contributed by atoms with Crippen molar-refractivity contribution in [1.82, 2.24) is 10.6 Å². The van der Waals surface area contributed by atoms with E-state index in [0.29, 0.717) is 11.3 Å². The summed E-state index contributed by atoms with van der Waals surface area (Å²) in [5.41, 5.74) is 1.50. The van der Waals surface area contributed by atoms with Gasteiger partial charge in [0.15, 0.2) is 11.6 Å². The first kappa shape index (κ1) is 24.7. The lowest BCUT2D eigenvalue weighted by Gasteiger charge is -2.30. The minimum Gasteiger partial charge on any atom is -0.357 e. The summed E-state index contributed by atoms with van der Waals surface area (Å²) < 4.78 is 27.0. The number of likely N-dealkylation sites (N-methyl/N-ethyl adjacent to an activating group) is 1. The highest BCUT2D eigenvalue weighted by molar-refractivity contribution is 6.04. The normalized spacial score (nSPS) is 16.4. The van der Waals surface area contributed by atoms with Crippen LogP contribution >= 0.6 is 0 Å². The highest BCUT2D eigenvalue weighted by Gasteiger charge is 2.33. The largest absolute Gasteiger partial charge is 0.357 e. The molecule has 31 heavy (non-hydrogen) atoms. The van der Waals surface area contributed by atoms with Gasteiger partial charge in [0.05, 0.1) is 0 Å². The number of nitrogens with zero attached hydrogens (tertiary/aromatic N) is 1. The van der Waals surface area contributed by atoms with Gasteiger partial charge in [0, 0.05) is 12.8 Å². The van der Waals surface area contributed by atoms with E-state index in [1.165, 1.54) is 13.1 Å². The minimum absolute atomic E-state index is 0.266. The van der Waals surface area contributed by atoms with Crippen molar-refractivity contribution in [3.05, 3.63) is 46.7 Å². The molecular weight excluding hydrogens is 400 g/mol. The molecular formula is C24H33F2N3O2. The van der Waals surface area contributed by atoms with E-state index in [4.69, 9.17) is 0 Å². The fraction of sp³-hybridized carbons (Fsp3) is 0.542. The van der Waals surface area contributed by atoms with Crippen LogP contribution in [0.5, 0.6) is 0 Å². The predicted molar refractivity (Wildman–Crippen MR) is 119 cm³/mol. The number of carbonyl (C=O) groups excluding carboxylic acids is 2. The van der Waals surface area contributed by atoms with E-state index >= 15 is 0 Å². The van der Waals surface area contributed by atoms with Crippen molar-refractivity contribution in [2.75, 3.05) is 7.05 Å². The molecule has 0 aromatic heterocycles. The first-order valence-corrected chi connectivity index (χ1v) is 10.8. The Kier molecular flexibility index (Phi) is 8.48. The minimum atomic E-state index is -0.965. The predicted octanol–water partition coefficient (Wildman–Crippen LogP) is 4.66. The lowest BCUT2D eigenvalue weighted by Crippen LogP contribution is -2.53. The lowest BCUT2D eigenvalue weighted by atomic mass is 9.86. The molecule has 2 N–H and O–H groups in total. The molecule has 1 unspecified atom stereocenters. The van der Waals surface area contributed by atoms with Gasteiger partial charge in [-0.3, -0.25) is 9.59 Å². The van der Waals surface area contributed by atoms with Crippen LogP contribution in [0, 0.1) is 17.0 Å². The highest BCUT2D eigenvalue weighted by Crippen LogP contribution is 2.27. The number of nitrogens with one attached hydrogen (secondary N) is 2. The molecule has 0 aliphatic heterocycles. The number of carbonyl (C=O) groups is 2. The summed E-state index contributed by atoms with van der Waals surface area (Å²) in [4.78, 5) is 30.3. The third kappa shape index (κ3) is 6.71. The van der Waals surface area contributed by atoms with Crippen molar-refractivity contribution in [3.63, 3.8) is 0 Å². The van der Waals surface area contributed by atoms with Crippen LogP contribution in [0.4, 0.5) is 8.78 Å². The standard InChI is InChI=1S/C24H33F2N3O2/c1-15(17-12-13-18(25)19(26)14-17)28-20(16-10-8-6-7-9-11-16)22(30)29-21(23(31)27-5)24(2,3)4/h12-14,21H,6-11H2,1-5H3,(H,27,31)(H,29,30). The molecule has 1 fully saturated rings. The Morgan fingerprint density at radius 1 is 1.03 bits per heavy atom. The van der Waals surface area contributed by atoms with Crippen LogP contribution in [0.15, 0.2) is 34.5 Å². The number of hydrogen-bond acceptors (Lipinski definition) is 3. The molecule has 0 spiro atoms.